The van der Waals surface area contributed by atoms with Crippen LogP contribution in [0.3, 0.4) is 0 Å². The summed E-state index contributed by atoms with van der Waals surface area (Å²) < 4.78 is 6.40. The Balaban J connectivity index is 1.71. The number of piperidine rings is 1. The molecule has 0 amide bonds. The number of methoxy groups -OCH3 is 1. The van der Waals surface area contributed by atoms with Crippen LogP contribution in [0.2, 0.25) is 0 Å². The first kappa shape index (κ1) is 15.0. The Kier molecular flexibility index (Phi) is 4.38. The standard InChI is InChI=1S/C16H22N4O2/c1-3-19-8-6-12(7-9-19)10-14-17-15-5-4-13(16(21)22-2)11-20(15)18-14/h4-5,11-12H,3,6-10H2,1-2H3. The first-order valence-electron chi connectivity index (χ1n) is 7.85. The van der Waals surface area contributed by atoms with Crippen LogP contribution in [0.5, 0.6) is 0 Å². The molecule has 22 heavy (non-hydrogen) atoms. The highest BCUT2D eigenvalue weighted by Crippen LogP contribution is 2.20. The highest BCUT2D eigenvalue weighted by molar-refractivity contribution is 5.89. The minimum Gasteiger partial charge on any atom is -0.465 e. The third-order valence-electron chi connectivity index (χ3n) is 4.42. The number of rotatable bonds is 4. The van der Waals surface area contributed by atoms with Crippen molar-refractivity contribution in [2.24, 2.45) is 5.92 Å². The van der Waals surface area contributed by atoms with Gasteiger partial charge in [-0.2, -0.15) is 5.10 Å². The van der Waals surface area contributed by atoms with E-state index in [0.717, 1.165) is 24.4 Å². The summed E-state index contributed by atoms with van der Waals surface area (Å²) in [5.74, 6) is 1.16. The number of pyridine rings is 1. The van der Waals surface area contributed by atoms with Gasteiger partial charge in [-0.3, -0.25) is 0 Å². The van der Waals surface area contributed by atoms with Gasteiger partial charge in [0.1, 0.15) is 0 Å². The summed E-state index contributed by atoms with van der Waals surface area (Å²) in [6.07, 6.45) is 5.00. The van der Waals surface area contributed by atoms with Gasteiger partial charge in [-0.1, -0.05) is 6.92 Å². The number of esters is 1. The zero-order valence-electron chi connectivity index (χ0n) is 13.2. The highest BCUT2D eigenvalue weighted by Gasteiger charge is 2.20. The topological polar surface area (TPSA) is 59.7 Å². The average molecular weight is 302 g/mol. The molecule has 0 aromatic carbocycles. The summed E-state index contributed by atoms with van der Waals surface area (Å²) in [5, 5.41) is 4.51. The Hall–Kier alpha value is -1.95. The number of likely N-dealkylation sites (tertiary alicyclic amines) is 1. The van der Waals surface area contributed by atoms with Crippen LogP contribution >= 0.6 is 0 Å². The highest BCUT2D eigenvalue weighted by atomic mass is 16.5. The zero-order valence-corrected chi connectivity index (χ0v) is 13.2. The molecule has 0 spiro atoms. The molecule has 1 saturated heterocycles. The Labute approximate surface area is 130 Å². The minimum absolute atomic E-state index is 0.356. The largest absolute Gasteiger partial charge is 0.465 e. The molecule has 0 unspecified atom stereocenters. The van der Waals surface area contributed by atoms with E-state index in [1.54, 1.807) is 16.8 Å². The number of aromatic nitrogens is 3. The molecule has 118 valence electrons. The van der Waals surface area contributed by atoms with Gasteiger partial charge >= 0.3 is 5.97 Å². The van der Waals surface area contributed by atoms with Gasteiger partial charge in [0, 0.05) is 12.6 Å². The predicted octanol–water partition coefficient (Wildman–Crippen LogP) is 1.79. The van der Waals surface area contributed by atoms with Gasteiger partial charge in [-0.15, -0.1) is 0 Å². The van der Waals surface area contributed by atoms with Crippen molar-refractivity contribution in [2.75, 3.05) is 26.7 Å². The molecular formula is C16H22N4O2. The number of nitrogens with zero attached hydrogens (tertiary/aromatic N) is 4. The summed E-state index contributed by atoms with van der Waals surface area (Å²) in [7, 11) is 1.38. The SMILES string of the molecule is CCN1CCC(Cc2nc3ccc(C(=O)OC)cn3n2)CC1. The van der Waals surface area contributed by atoms with Crippen molar-refractivity contribution in [3.63, 3.8) is 0 Å². The van der Waals surface area contributed by atoms with Gasteiger partial charge in [0.25, 0.3) is 0 Å². The number of fused-ring (bicyclic) bond motifs is 1. The van der Waals surface area contributed by atoms with Crippen LogP contribution in [0.1, 0.15) is 35.9 Å². The maximum atomic E-state index is 11.6. The second kappa shape index (κ2) is 6.44. The van der Waals surface area contributed by atoms with E-state index in [1.165, 1.54) is 33.0 Å². The number of hydrogen-bond acceptors (Lipinski definition) is 5. The van der Waals surface area contributed by atoms with Crippen molar-refractivity contribution in [2.45, 2.75) is 26.2 Å². The molecule has 0 saturated carbocycles. The van der Waals surface area contributed by atoms with Crippen LogP contribution in [0.4, 0.5) is 0 Å². The molecule has 6 heteroatoms. The molecule has 2 aromatic heterocycles. The van der Waals surface area contributed by atoms with E-state index < -0.39 is 0 Å². The number of carbonyl (C=O) groups is 1. The second-order valence-corrected chi connectivity index (χ2v) is 5.82. The fraction of sp³-hybridized carbons (Fsp3) is 0.562. The quantitative estimate of drug-likeness (QED) is 0.806. The van der Waals surface area contributed by atoms with Crippen LogP contribution < -0.4 is 0 Å². The van der Waals surface area contributed by atoms with E-state index >= 15 is 0 Å². The summed E-state index contributed by atoms with van der Waals surface area (Å²) in [6, 6.07) is 3.53. The van der Waals surface area contributed by atoms with E-state index in [0.29, 0.717) is 11.5 Å². The van der Waals surface area contributed by atoms with Gasteiger partial charge in [-0.05, 0) is 50.5 Å². The fourth-order valence-electron chi connectivity index (χ4n) is 3.02. The lowest BCUT2D eigenvalue weighted by Gasteiger charge is -2.30. The van der Waals surface area contributed by atoms with E-state index in [-0.39, 0.29) is 5.97 Å². The van der Waals surface area contributed by atoms with Crippen molar-refractivity contribution < 1.29 is 9.53 Å². The molecule has 1 fully saturated rings. The minimum atomic E-state index is -0.356. The van der Waals surface area contributed by atoms with Crippen molar-refractivity contribution in [1.82, 2.24) is 19.5 Å². The molecule has 2 aromatic rings. The number of hydrogen-bond donors (Lipinski definition) is 0. The summed E-state index contributed by atoms with van der Waals surface area (Å²) in [5.41, 5.74) is 1.26. The van der Waals surface area contributed by atoms with E-state index in [2.05, 4.69) is 21.9 Å². The molecule has 1 aliphatic rings. The van der Waals surface area contributed by atoms with Crippen LogP contribution in [0, 0.1) is 5.92 Å². The smallest absolute Gasteiger partial charge is 0.339 e. The van der Waals surface area contributed by atoms with Crippen LogP contribution in [-0.2, 0) is 11.2 Å². The summed E-state index contributed by atoms with van der Waals surface area (Å²) in [6.45, 7) is 5.68. The Morgan fingerprint density at radius 2 is 2.14 bits per heavy atom. The molecule has 0 aliphatic carbocycles. The van der Waals surface area contributed by atoms with Gasteiger partial charge < -0.3 is 9.64 Å². The van der Waals surface area contributed by atoms with Crippen molar-refractivity contribution >= 4 is 11.6 Å². The Morgan fingerprint density at radius 1 is 1.36 bits per heavy atom. The lowest BCUT2D eigenvalue weighted by atomic mass is 9.93. The maximum absolute atomic E-state index is 11.6. The van der Waals surface area contributed by atoms with Crippen molar-refractivity contribution in [3.05, 3.63) is 29.7 Å². The van der Waals surface area contributed by atoms with E-state index in [4.69, 9.17) is 4.74 Å². The zero-order chi connectivity index (χ0) is 15.5. The Morgan fingerprint density at radius 3 is 2.82 bits per heavy atom. The molecule has 3 rings (SSSR count). The van der Waals surface area contributed by atoms with Gasteiger partial charge in [-0.25, -0.2) is 14.3 Å². The molecule has 0 atom stereocenters. The summed E-state index contributed by atoms with van der Waals surface area (Å²) >= 11 is 0. The molecule has 3 heterocycles. The second-order valence-electron chi connectivity index (χ2n) is 5.82. The predicted molar refractivity (Wildman–Crippen MR) is 82.9 cm³/mol. The third kappa shape index (κ3) is 3.11. The maximum Gasteiger partial charge on any atom is 0.339 e. The molecular weight excluding hydrogens is 280 g/mol. The van der Waals surface area contributed by atoms with E-state index in [9.17, 15) is 4.79 Å². The van der Waals surface area contributed by atoms with Crippen LogP contribution in [0.25, 0.3) is 5.65 Å². The lowest BCUT2D eigenvalue weighted by Crippen LogP contribution is -2.34. The lowest BCUT2D eigenvalue weighted by molar-refractivity contribution is 0.0600. The molecule has 0 radical (unpaired) electrons. The number of ether oxygens (including phenoxy) is 1. The normalized spacial score (nSPS) is 17.0. The van der Waals surface area contributed by atoms with Gasteiger partial charge in [0.05, 0.1) is 12.7 Å². The van der Waals surface area contributed by atoms with Gasteiger partial charge in [0.15, 0.2) is 11.5 Å². The Bertz CT molecular complexity index is 659. The molecule has 0 bridgehead atoms. The fourth-order valence-corrected chi connectivity index (χ4v) is 3.02. The first-order chi connectivity index (χ1) is 10.7. The number of carbonyl (C=O) groups excluding carboxylic acids is 1. The van der Waals surface area contributed by atoms with Gasteiger partial charge in [0.2, 0.25) is 0 Å². The third-order valence-corrected chi connectivity index (χ3v) is 4.42. The monoisotopic (exact) mass is 302 g/mol. The van der Waals surface area contributed by atoms with Crippen LogP contribution in [-0.4, -0.2) is 52.2 Å². The molecule has 6 nitrogen and oxygen atoms in total. The van der Waals surface area contributed by atoms with Crippen LogP contribution in [0.15, 0.2) is 18.3 Å². The van der Waals surface area contributed by atoms with E-state index in [1.807, 2.05) is 6.07 Å². The van der Waals surface area contributed by atoms with Crippen molar-refractivity contribution in [1.29, 1.82) is 0 Å². The molecule has 1 aliphatic heterocycles. The first-order valence-corrected chi connectivity index (χ1v) is 7.85. The average Bonchev–Trinajstić information content (AvgIpc) is 2.96. The molecule has 0 N–H and O–H groups in total. The summed E-state index contributed by atoms with van der Waals surface area (Å²) in [4.78, 5) is 18.6. The van der Waals surface area contributed by atoms with Crippen molar-refractivity contribution in [3.8, 4) is 0 Å².